The van der Waals surface area contributed by atoms with Gasteiger partial charge in [-0.05, 0) is 47.9 Å². The van der Waals surface area contributed by atoms with Gasteiger partial charge in [0, 0.05) is 15.2 Å². The minimum Gasteiger partial charge on any atom is -0.493 e. The summed E-state index contributed by atoms with van der Waals surface area (Å²) in [5.41, 5.74) is 0.231. The topological polar surface area (TPSA) is 9.23 Å². The molecule has 0 fully saturated rings. The summed E-state index contributed by atoms with van der Waals surface area (Å²) < 4.78 is 7.15. The maximum absolute atomic E-state index is 6.04. The number of fused-ring (bicyclic) bond motifs is 1. The van der Waals surface area contributed by atoms with Crippen LogP contribution in [0.4, 0.5) is 0 Å². The van der Waals surface area contributed by atoms with E-state index in [1.165, 1.54) is 10.8 Å². The second-order valence-corrected chi connectivity index (χ2v) is 6.76. The van der Waals surface area contributed by atoms with E-state index in [4.69, 9.17) is 4.74 Å². The van der Waals surface area contributed by atoms with E-state index in [1.54, 1.807) is 0 Å². The number of alkyl halides is 1. The quantitative estimate of drug-likeness (QED) is 0.526. The highest BCUT2D eigenvalue weighted by atomic mass is 79.9. The first-order valence-electron chi connectivity index (χ1n) is 7.00. The summed E-state index contributed by atoms with van der Waals surface area (Å²) in [6.45, 7) is 5.21. The summed E-state index contributed by atoms with van der Waals surface area (Å²) in [4.78, 5) is 0. The third-order valence-corrected chi connectivity index (χ3v) is 5.78. The Kier molecular flexibility index (Phi) is 5.50. The molecule has 0 unspecified atom stereocenters. The Morgan fingerprint density at radius 1 is 1.00 bits per heavy atom. The van der Waals surface area contributed by atoms with E-state index in [9.17, 15) is 0 Å². The van der Waals surface area contributed by atoms with Crippen LogP contribution in [0.1, 0.15) is 26.7 Å². The zero-order valence-electron chi connectivity index (χ0n) is 12.0. The maximum atomic E-state index is 6.04. The number of benzene rings is 2. The predicted molar refractivity (Wildman–Crippen MR) is 94.0 cm³/mol. The fourth-order valence-electron chi connectivity index (χ4n) is 2.20. The zero-order valence-corrected chi connectivity index (χ0v) is 15.1. The van der Waals surface area contributed by atoms with Gasteiger partial charge in [-0.1, -0.05) is 57.8 Å². The number of hydrogen-bond donors (Lipinski definition) is 0. The molecule has 0 aliphatic carbocycles. The lowest BCUT2D eigenvalue weighted by Crippen LogP contribution is -2.28. The van der Waals surface area contributed by atoms with Crippen molar-refractivity contribution in [2.24, 2.45) is 5.41 Å². The molecule has 0 radical (unpaired) electrons. The first kappa shape index (κ1) is 15.8. The van der Waals surface area contributed by atoms with Crippen LogP contribution in [-0.4, -0.2) is 11.9 Å². The van der Waals surface area contributed by atoms with Crippen molar-refractivity contribution < 1.29 is 4.74 Å². The van der Waals surface area contributed by atoms with Crippen LogP contribution in [0.25, 0.3) is 10.8 Å². The minimum absolute atomic E-state index is 0.231. The van der Waals surface area contributed by atoms with Gasteiger partial charge in [-0.3, -0.25) is 0 Å². The number of halogens is 2. The Hall–Kier alpha value is -0.540. The van der Waals surface area contributed by atoms with Gasteiger partial charge in [-0.25, -0.2) is 0 Å². The van der Waals surface area contributed by atoms with Crippen LogP contribution in [0.3, 0.4) is 0 Å². The molecule has 0 atom stereocenters. The largest absolute Gasteiger partial charge is 0.493 e. The number of hydrogen-bond acceptors (Lipinski definition) is 1. The van der Waals surface area contributed by atoms with Crippen molar-refractivity contribution in [1.82, 2.24) is 0 Å². The smallest absolute Gasteiger partial charge is 0.119 e. The van der Waals surface area contributed by atoms with E-state index in [1.807, 2.05) is 0 Å². The Morgan fingerprint density at radius 2 is 1.65 bits per heavy atom. The van der Waals surface area contributed by atoms with Gasteiger partial charge >= 0.3 is 0 Å². The van der Waals surface area contributed by atoms with Crippen molar-refractivity contribution in [1.29, 1.82) is 0 Å². The lowest BCUT2D eigenvalue weighted by atomic mass is 9.86. The lowest BCUT2D eigenvalue weighted by Gasteiger charge is -2.29. The third kappa shape index (κ3) is 3.56. The van der Waals surface area contributed by atoms with Gasteiger partial charge in [-0.15, -0.1) is 0 Å². The monoisotopic (exact) mass is 398 g/mol. The highest BCUT2D eigenvalue weighted by molar-refractivity contribution is 9.10. The summed E-state index contributed by atoms with van der Waals surface area (Å²) in [7, 11) is 0. The van der Waals surface area contributed by atoms with E-state index in [2.05, 4.69) is 82.1 Å². The molecule has 0 bridgehead atoms. The molecule has 1 nitrogen and oxygen atoms in total. The van der Waals surface area contributed by atoms with Crippen molar-refractivity contribution in [3.05, 3.63) is 40.9 Å². The molecule has 2 aromatic rings. The van der Waals surface area contributed by atoms with Gasteiger partial charge in [0.1, 0.15) is 5.75 Å². The summed E-state index contributed by atoms with van der Waals surface area (Å²) in [6, 6.07) is 12.6. The molecule has 0 aliphatic rings. The first-order chi connectivity index (χ1) is 9.62. The predicted octanol–water partition coefficient (Wildman–Crippen LogP) is 6.18. The second-order valence-electron chi connectivity index (χ2n) is 5.28. The van der Waals surface area contributed by atoms with Crippen LogP contribution >= 0.6 is 31.9 Å². The Labute approximate surface area is 138 Å². The van der Waals surface area contributed by atoms with Gasteiger partial charge in [0.05, 0.1) is 6.61 Å². The number of rotatable bonds is 6. The summed E-state index contributed by atoms with van der Waals surface area (Å²) >= 11 is 7.13. The number of ether oxygens (including phenoxy) is 1. The van der Waals surface area contributed by atoms with Crippen molar-refractivity contribution in [2.45, 2.75) is 26.7 Å². The third-order valence-electron chi connectivity index (χ3n) is 4.10. The highest BCUT2D eigenvalue weighted by Crippen LogP contribution is 2.31. The molecular weight excluding hydrogens is 380 g/mol. The van der Waals surface area contributed by atoms with E-state index in [0.717, 1.165) is 35.0 Å². The molecule has 3 heteroatoms. The Balaban J connectivity index is 2.16. The van der Waals surface area contributed by atoms with Gasteiger partial charge < -0.3 is 4.74 Å². The Morgan fingerprint density at radius 3 is 2.30 bits per heavy atom. The van der Waals surface area contributed by atoms with E-state index >= 15 is 0 Å². The van der Waals surface area contributed by atoms with Crippen LogP contribution in [0.2, 0.25) is 0 Å². The zero-order chi connectivity index (χ0) is 14.6. The lowest BCUT2D eigenvalue weighted by molar-refractivity contribution is 0.158. The van der Waals surface area contributed by atoms with E-state index in [0.29, 0.717) is 0 Å². The molecule has 0 aromatic heterocycles. The summed E-state index contributed by atoms with van der Waals surface area (Å²) in [6.07, 6.45) is 2.24. The van der Waals surface area contributed by atoms with Crippen LogP contribution < -0.4 is 4.74 Å². The first-order valence-corrected chi connectivity index (χ1v) is 8.92. The maximum Gasteiger partial charge on any atom is 0.119 e. The molecule has 0 saturated heterocycles. The fraction of sp³-hybridized carbons (Fsp3) is 0.412. The molecule has 0 aliphatic heterocycles. The molecule has 0 amide bonds. The Bertz CT molecular complexity index is 568. The summed E-state index contributed by atoms with van der Waals surface area (Å²) in [5.74, 6) is 0.951. The highest BCUT2D eigenvalue weighted by Gasteiger charge is 2.25. The van der Waals surface area contributed by atoms with Gasteiger partial charge in [0.25, 0.3) is 0 Å². The molecule has 0 spiro atoms. The molecule has 2 rings (SSSR count). The van der Waals surface area contributed by atoms with Crippen molar-refractivity contribution in [3.63, 3.8) is 0 Å². The van der Waals surface area contributed by atoms with Crippen molar-refractivity contribution in [2.75, 3.05) is 11.9 Å². The second kappa shape index (κ2) is 6.95. The molecular formula is C17H20Br2O. The molecule has 0 heterocycles. The van der Waals surface area contributed by atoms with Crippen molar-refractivity contribution in [3.8, 4) is 5.75 Å². The fourth-order valence-corrected chi connectivity index (χ4v) is 3.54. The van der Waals surface area contributed by atoms with Crippen LogP contribution in [0.15, 0.2) is 40.9 Å². The summed E-state index contributed by atoms with van der Waals surface area (Å²) in [5, 5.41) is 3.42. The molecule has 0 saturated carbocycles. The molecule has 2 aromatic carbocycles. The van der Waals surface area contributed by atoms with Gasteiger partial charge in [0.2, 0.25) is 0 Å². The average Bonchev–Trinajstić information content (AvgIpc) is 2.49. The van der Waals surface area contributed by atoms with Gasteiger partial charge in [0.15, 0.2) is 0 Å². The minimum atomic E-state index is 0.231. The van der Waals surface area contributed by atoms with E-state index < -0.39 is 0 Å². The van der Waals surface area contributed by atoms with Crippen LogP contribution in [-0.2, 0) is 0 Å². The van der Waals surface area contributed by atoms with Gasteiger partial charge in [-0.2, -0.15) is 0 Å². The van der Waals surface area contributed by atoms with E-state index in [-0.39, 0.29) is 5.41 Å². The standard InChI is InChI=1S/C17H20Br2O/c1-3-17(4-2,11-18)12-20-16-8-6-13-9-15(19)7-5-14(13)10-16/h5-10H,3-4,11-12H2,1-2H3. The normalized spacial score (nSPS) is 11.8. The van der Waals surface area contributed by atoms with Crippen LogP contribution in [0.5, 0.6) is 5.75 Å². The average molecular weight is 400 g/mol. The van der Waals surface area contributed by atoms with Crippen molar-refractivity contribution >= 4 is 42.6 Å². The molecule has 108 valence electrons. The SMILES string of the molecule is CCC(CC)(CBr)COc1ccc2cc(Br)ccc2c1. The molecule has 20 heavy (non-hydrogen) atoms. The van der Waals surface area contributed by atoms with Crippen LogP contribution in [0, 0.1) is 5.41 Å². The molecule has 0 N–H and O–H groups in total.